The molecule has 4 amide bonds. The van der Waals surface area contributed by atoms with Crippen molar-refractivity contribution in [3.05, 3.63) is 34.9 Å². The largest absolute Gasteiger partial charge is 0.342 e. The minimum absolute atomic E-state index is 0.0228. The van der Waals surface area contributed by atoms with E-state index in [1.165, 1.54) is 4.90 Å². The van der Waals surface area contributed by atoms with Crippen molar-refractivity contribution in [3.63, 3.8) is 0 Å². The molecule has 1 aromatic carbocycles. The first-order chi connectivity index (χ1) is 11.8. The summed E-state index contributed by atoms with van der Waals surface area (Å²) >= 11 is 5.86. The van der Waals surface area contributed by atoms with E-state index < -0.39 is 5.54 Å². The molecule has 1 aromatic rings. The fourth-order valence-electron chi connectivity index (χ4n) is 3.48. The highest BCUT2D eigenvalue weighted by Crippen LogP contribution is 2.30. The molecule has 0 radical (unpaired) electrons. The summed E-state index contributed by atoms with van der Waals surface area (Å²) in [5.41, 5.74) is 0.0595. The zero-order valence-electron chi connectivity index (χ0n) is 14.4. The van der Waals surface area contributed by atoms with Gasteiger partial charge in [0.2, 0.25) is 5.91 Å². The Labute approximate surface area is 152 Å². The molecule has 2 aliphatic heterocycles. The van der Waals surface area contributed by atoms with E-state index in [0.717, 1.165) is 5.56 Å². The predicted octanol–water partition coefficient (Wildman–Crippen LogP) is 2.20. The van der Waals surface area contributed by atoms with Crippen LogP contribution in [0.2, 0.25) is 5.02 Å². The summed E-state index contributed by atoms with van der Waals surface area (Å²) in [4.78, 5) is 40.3. The molecule has 0 aliphatic carbocycles. The van der Waals surface area contributed by atoms with Gasteiger partial charge in [-0.15, -0.1) is 0 Å². The molecule has 7 heteroatoms. The summed E-state index contributed by atoms with van der Waals surface area (Å²) in [6, 6.07) is 6.71. The van der Waals surface area contributed by atoms with Crippen LogP contribution in [-0.4, -0.2) is 52.3 Å². The Kier molecular flexibility index (Phi) is 4.73. The van der Waals surface area contributed by atoms with Gasteiger partial charge in [-0.1, -0.05) is 23.7 Å². The van der Waals surface area contributed by atoms with Crippen LogP contribution in [-0.2, 0) is 16.0 Å². The molecule has 2 aliphatic rings. The quantitative estimate of drug-likeness (QED) is 0.837. The van der Waals surface area contributed by atoms with Gasteiger partial charge in [0.05, 0.1) is 6.42 Å². The second-order valence-corrected chi connectivity index (χ2v) is 7.40. The lowest BCUT2D eigenvalue weighted by Gasteiger charge is -2.37. The van der Waals surface area contributed by atoms with Crippen LogP contribution in [0.1, 0.15) is 32.3 Å². The molecule has 3 rings (SSSR count). The highest BCUT2D eigenvalue weighted by Gasteiger charge is 2.53. The van der Waals surface area contributed by atoms with Gasteiger partial charge in [-0.3, -0.25) is 14.5 Å². The third-order valence-electron chi connectivity index (χ3n) is 4.95. The third-order valence-corrected chi connectivity index (χ3v) is 5.20. The van der Waals surface area contributed by atoms with Crippen molar-refractivity contribution < 1.29 is 14.4 Å². The maximum atomic E-state index is 12.7. The molecule has 0 atom stereocenters. The van der Waals surface area contributed by atoms with Crippen molar-refractivity contribution in [1.29, 1.82) is 0 Å². The monoisotopic (exact) mass is 363 g/mol. The van der Waals surface area contributed by atoms with Crippen LogP contribution in [0.3, 0.4) is 0 Å². The summed E-state index contributed by atoms with van der Waals surface area (Å²) in [5, 5.41) is 3.49. The van der Waals surface area contributed by atoms with Crippen molar-refractivity contribution in [2.75, 3.05) is 13.1 Å². The first-order valence-corrected chi connectivity index (χ1v) is 8.88. The van der Waals surface area contributed by atoms with E-state index in [0.29, 0.717) is 37.4 Å². The van der Waals surface area contributed by atoms with E-state index in [4.69, 9.17) is 11.6 Å². The van der Waals surface area contributed by atoms with Crippen molar-refractivity contribution >= 4 is 29.4 Å². The molecule has 0 unspecified atom stereocenters. The lowest BCUT2D eigenvalue weighted by Crippen LogP contribution is -2.56. The number of hydrogen-bond acceptors (Lipinski definition) is 3. The van der Waals surface area contributed by atoms with Crippen LogP contribution in [0, 0.1) is 0 Å². The SMILES string of the molecule is CC(C)N1C(=O)NC2(CCN(C(=O)Cc3ccc(Cl)cc3)CC2)C1=O. The van der Waals surface area contributed by atoms with Crippen LogP contribution < -0.4 is 5.32 Å². The van der Waals surface area contributed by atoms with Crippen molar-refractivity contribution in [3.8, 4) is 0 Å². The van der Waals surface area contributed by atoms with Gasteiger partial charge < -0.3 is 10.2 Å². The van der Waals surface area contributed by atoms with E-state index in [9.17, 15) is 14.4 Å². The molecule has 0 bridgehead atoms. The number of benzene rings is 1. The Hall–Kier alpha value is -2.08. The summed E-state index contributed by atoms with van der Waals surface area (Å²) in [5.74, 6) is -0.146. The number of carbonyl (C=O) groups excluding carboxylic acids is 3. The highest BCUT2D eigenvalue weighted by atomic mass is 35.5. The predicted molar refractivity (Wildman–Crippen MR) is 94.2 cm³/mol. The average Bonchev–Trinajstić information content (AvgIpc) is 2.80. The highest BCUT2D eigenvalue weighted by molar-refractivity contribution is 6.30. The third kappa shape index (κ3) is 3.35. The molecule has 6 nitrogen and oxygen atoms in total. The van der Waals surface area contributed by atoms with Gasteiger partial charge in [0.25, 0.3) is 5.91 Å². The van der Waals surface area contributed by atoms with E-state index in [1.54, 1.807) is 17.0 Å². The maximum Gasteiger partial charge on any atom is 0.325 e. The van der Waals surface area contributed by atoms with Gasteiger partial charge in [-0.2, -0.15) is 0 Å². The Morgan fingerprint density at radius 2 is 1.80 bits per heavy atom. The molecular formula is C18H22ClN3O3. The van der Waals surface area contributed by atoms with Crippen LogP contribution >= 0.6 is 11.6 Å². The van der Waals surface area contributed by atoms with Crippen molar-refractivity contribution in [1.82, 2.24) is 15.1 Å². The Balaban J connectivity index is 1.62. The topological polar surface area (TPSA) is 69.7 Å². The minimum atomic E-state index is -0.849. The lowest BCUT2D eigenvalue weighted by molar-refractivity contribution is -0.138. The van der Waals surface area contributed by atoms with Crippen molar-refractivity contribution in [2.45, 2.75) is 44.7 Å². The zero-order valence-corrected chi connectivity index (χ0v) is 15.2. The maximum absolute atomic E-state index is 12.7. The number of imide groups is 1. The molecule has 1 spiro atoms. The first-order valence-electron chi connectivity index (χ1n) is 8.50. The van der Waals surface area contributed by atoms with E-state index >= 15 is 0 Å². The summed E-state index contributed by atoms with van der Waals surface area (Å²) < 4.78 is 0. The summed E-state index contributed by atoms with van der Waals surface area (Å²) in [6.45, 7) is 4.57. The number of rotatable bonds is 3. The number of nitrogens with zero attached hydrogens (tertiary/aromatic N) is 2. The number of likely N-dealkylation sites (tertiary alicyclic amines) is 1. The fourth-order valence-corrected chi connectivity index (χ4v) is 3.60. The second kappa shape index (κ2) is 6.67. The minimum Gasteiger partial charge on any atom is -0.342 e. The van der Waals surface area contributed by atoms with Crippen LogP contribution in [0.25, 0.3) is 0 Å². The van der Waals surface area contributed by atoms with Gasteiger partial charge in [0, 0.05) is 24.2 Å². The molecule has 0 saturated carbocycles. The molecule has 1 N–H and O–H groups in total. The number of hydrogen-bond donors (Lipinski definition) is 1. The number of nitrogens with one attached hydrogen (secondary N) is 1. The van der Waals surface area contributed by atoms with Crippen LogP contribution in [0.15, 0.2) is 24.3 Å². The average molecular weight is 364 g/mol. The Morgan fingerprint density at radius 1 is 1.20 bits per heavy atom. The molecule has 134 valence electrons. The molecule has 2 fully saturated rings. The molecule has 2 heterocycles. The molecular weight excluding hydrogens is 342 g/mol. The Bertz CT molecular complexity index is 694. The normalized spacial score (nSPS) is 19.7. The van der Waals surface area contributed by atoms with E-state index in [-0.39, 0.29) is 23.9 Å². The van der Waals surface area contributed by atoms with Crippen molar-refractivity contribution in [2.24, 2.45) is 0 Å². The second-order valence-electron chi connectivity index (χ2n) is 6.97. The number of amides is 4. The first kappa shape index (κ1) is 17.7. The van der Waals surface area contributed by atoms with Crippen LogP contribution in [0.5, 0.6) is 0 Å². The van der Waals surface area contributed by atoms with E-state index in [2.05, 4.69) is 5.32 Å². The van der Waals surface area contributed by atoms with Crippen LogP contribution in [0.4, 0.5) is 4.79 Å². The molecule has 25 heavy (non-hydrogen) atoms. The Morgan fingerprint density at radius 3 is 2.32 bits per heavy atom. The number of urea groups is 1. The van der Waals surface area contributed by atoms with Gasteiger partial charge in [0.15, 0.2) is 0 Å². The standard InChI is InChI=1S/C18H22ClN3O3/c1-12(2)22-16(24)18(20-17(22)25)7-9-21(10-8-18)15(23)11-13-3-5-14(19)6-4-13/h3-6,12H,7-11H2,1-2H3,(H,20,25). The van der Waals surface area contributed by atoms with Gasteiger partial charge in [-0.05, 0) is 44.4 Å². The lowest BCUT2D eigenvalue weighted by atomic mass is 9.87. The summed E-state index contributed by atoms with van der Waals surface area (Å²) in [6.07, 6.45) is 1.21. The molecule has 0 aromatic heterocycles. The zero-order chi connectivity index (χ0) is 18.2. The number of piperidine rings is 1. The smallest absolute Gasteiger partial charge is 0.325 e. The summed E-state index contributed by atoms with van der Waals surface area (Å²) in [7, 11) is 0. The number of halogens is 1. The fraction of sp³-hybridized carbons (Fsp3) is 0.500. The number of carbonyl (C=O) groups is 3. The van der Waals surface area contributed by atoms with Gasteiger partial charge >= 0.3 is 6.03 Å². The molecule has 2 saturated heterocycles. The van der Waals surface area contributed by atoms with E-state index in [1.807, 2.05) is 26.0 Å². The van der Waals surface area contributed by atoms with Gasteiger partial charge in [-0.25, -0.2) is 4.79 Å². The van der Waals surface area contributed by atoms with Gasteiger partial charge in [0.1, 0.15) is 5.54 Å².